The molecule has 0 saturated heterocycles. The van der Waals surface area contributed by atoms with Crippen molar-refractivity contribution >= 4 is 38.6 Å². The van der Waals surface area contributed by atoms with Crippen LogP contribution in [-0.2, 0) is 10.0 Å². The highest BCUT2D eigenvalue weighted by Crippen LogP contribution is 2.35. The van der Waals surface area contributed by atoms with Crippen LogP contribution in [0.4, 0.5) is 5.69 Å². The summed E-state index contributed by atoms with van der Waals surface area (Å²) in [4.78, 5) is 9.85. The average molecular weight is 329 g/mol. The Morgan fingerprint density at radius 3 is 2.74 bits per heavy atom. The summed E-state index contributed by atoms with van der Waals surface area (Å²) < 4.78 is 25.6. The Balaban J connectivity index is 2.72. The molecule has 0 aliphatic rings. The number of hydrogen-bond acceptors (Lipinski definition) is 6. The van der Waals surface area contributed by atoms with Gasteiger partial charge < -0.3 is 5.11 Å². The van der Waals surface area contributed by atoms with Gasteiger partial charge in [0.25, 0.3) is 5.69 Å². The summed E-state index contributed by atoms with van der Waals surface area (Å²) >= 11 is 6.24. The van der Waals surface area contributed by atoms with Crippen molar-refractivity contribution in [2.24, 2.45) is 0 Å². The van der Waals surface area contributed by atoms with E-state index >= 15 is 0 Å². The minimum atomic E-state index is -3.80. The summed E-state index contributed by atoms with van der Waals surface area (Å²) in [6.45, 7) is 1.76. The third kappa shape index (κ3) is 4.69. The zero-order valence-electron chi connectivity index (χ0n) is 10.00. The number of rotatable bonds is 7. The molecule has 0 saturated carbocycles. The maximum Gasteiger partial charge on any atom is 0.300 e. The molecule has 0 aliphatic carbocycles. The Hall–Kier alpha value is -0.740. The predicted molar refractivity (Wildman–Crippen MR) is 72.1 cm³/mol. The standard InChI is InChI=1S/C9H13ClN2O5S2/c1-6(13)3-2-4-11-19(16,17)8-5-7(12(14)15)9(10)18-8/h5-6,11,13H,2-4H2,1H3. The summed E-state index contributed by atoms with van der Waals surface area (Å²) in [5.41, 5.74) is -0.420. The van der Waals surface area contributed by atoms with Crippen LogP contribution in [0.5, 0.6) is 0 Å². The van der Waals surface area contributed by atoms with Crippen LogP contribution in [0.2, 0.25) is 4.34 Å². The highest BCUT2D eigenvalue weighted by Gasteiger charge is 2.24. The number of sulfonamides is 1. The van der Waals surface area contributed by atoms with Crippen LogP contribution in [0, 0.1) is 10.1 Å². The fourth-order valence-corrected chi connectivity index (χ4v) is 4.05. The lowest BCUT2D eigenvalue weighted by atomic mass is 10.2. The monoisotopic (exact) mass is 328 g/mol. The molecule has 0 spiro atoms. The van der Waals surface area contributed by atoms with E-state index in [0.29, 0.717) is 24.2 Å². The van der Waals surface area contributed by atoms with Gasteiger partial charge in [0.05, 0.1) is 11.0 Å². The number of aliphatic hydroxyl groups is 1. The average Bonchev–Trinajstić information content (AvgIpc) is 2.67. The molecule has 1 heterocycles. The van der Waals surface area contributed by atoms with E-state index < -0.39 is 26.7 Å². The van der Waals surface area contributed by atoms with Crippen LogP contribution in [-0.4, -0.2) is 31.1 Å². The molecular formula is C9H13ClN2O5S2. The van der Waals surface area contributed by atoms with Crippen molar-refractivity contribution in [1.82, 2.24) is 4.72 Å². The van der Waals surface area contributed by atoms with Crippen LogP contribution < -0.4 is 4.72 Å². The Kier molecular flexibility index (Phi) is 5.68. The lowest BCUT2D eigenvalue weighted by Crippen LogP contribution is -2.24. The van der Waals surface area contributed by atoms with Crippen LogP contribution in [0.25, 0.3) is 0 Å². The maximum atomic E-state index is 11.8. The summed E-state index contributed by atoms with van der Waals surface area (Å²) in [5, 5.41) is 19.6. The van der Waals surface area contributed by atoms with Crippen molar-refractivity contribution < 1.29 is 18.4 Å². The van der Waals surface area contributed by atoms with Crippen LogP contribution in [0.15, 0.2) is 10.3 Å². The van der Waals surface area contributed by atoms with Gasteiger partial charge in [0.2, 0.25) is 10.0 Å². The van der Waals surface area contributed by atoms with Crippen molar-refractivity contribution in [2.45, 2.75) is 30.1 Å². The van der Waals surface area contributed by atoms with Gasteiger partial charge in [-0.1, -0.05) is 11.6 Å². The van der Waals surface area contributed by atoms with Crippen molar-refractivity contribution in [2.75, 3.05) is 6.54 Å². The second-order valence-electron chi connectivity index (χ2n) is 3.87. The highest BCUT2D eigenvalue weighted by atomic mass is 35.5. The van der Waals surface area contributed by atoms with Gasteiger partial charge in [-0.3, -0.25) is 10.1 Å². The van der Waals surface area contributed by atoms with Gasteiger partial charge in [-0.05, 0) is 19.8 Å². The minimum Gasteiger partial charge on any atom is -0.393 e. The van der Waals surface area contributed by atoms with Gasteiger partial charge in [-0.2, -0.15) is 0 Å². The molecule has 10 heteroatoms. The van der Waals surface area contributed by atoms with Gasteiger partial charge in [0.1, 0.15) is 4.21 Å². The van der Waals surface area contributed by atoms with Crippen molar-refractivity contribution in [3.05, 3.63) is 20.5 Å². The van der Waals surface area contributed by atoms with E-state index in [1.807, 2.05) is 0 Å². The fourth-order valence-electron chi connectivity index (χ4n) is 1.27. The van der Waals surface area contributed by atoms with E-state index in [9.17, 15) is 18.5 Å². The summed E-state index contributed by atoms with van der Waals surface area (Å²) in [6, 6.07) is 0.935. The summed E-state index contributed by atoms with van der Waals surface area (Å²) in [5.74, 6) is 0. The second-order valence-corrected chi connectivity index (χ2v) is 7.52. The molecule has 1 rings (SSSR count). The molecule has 19 heavy (non-hydrogen) atoms. The lowest BCUT2D eigenvalue weighted by molar-refractivity contribution is -0.384. The Morgan fingerprint density at radius 2 is 2.26 bits per heavy atom. The van der Waals surface area contributed by atoms with Crippen LogP contribution in [0.3, 0.4) is 0 Å². The second kappa shape index (κ2) is 6.62. The molecule has 1 atom stereocenters. The number of nitro groups is 1. The van der Waals surface area contributed by atoms with Gasteiger partial charge in [0.15, 0.2) is 4.34 Å². The lowest BCUT2D eigenvalue weighted by Gasteiger charge is -2.05. The zero-order chi connectivity index (χ0) is 14.6. The van der Waals surface area contributed by atoms with E-state index in [2.05, 4.69) is 4.72 Å². The third-order valence-electron chi connectivity index (χ3n) is 2.20. The molecule has 1 unspecified atom stereocenters. The molecular weight excluding hydrogens is 316 g/mol. The predicted octanol–water partition coefficient (Wildman–Crippen LogP) is 1.75. The molecule has 0 bridgehead atoms. The van der Waals surface area contributed by atoms with Crippen molar-refractivity contribution in [3.8, 4) is 0 Å². The SMILES string of the molecule is CC(O)CCCNS(=O)(=O)c1cc([N+](=O)[O-])c(Cl)s1. The molecule has 0 radical (unpaired) electrons. The van der Waals surface area contributed by atoms with E-state index in [1.54, 1.807) is 6.92 Å². The minimum absolute atomic E-state index is 0.149. The maximum absolute atomic E-state index is 11.8. The summed E-state index contributed by atoms with van der Waals surface area (Å²) in [6.07, 6.45) is 0.438. The molecule has 0 fully saturated rings. The number of nitrogens with one attached hydrogen (secondary N) is 1. The van der Waals surface area contributed by atoms with Gasteiger partial charge >= 0.3 is 0 Å². The van der Waals surface area contributed by atoms with Gasteiger partial charge in [0, 0.05) is 12.6 Å². The summed E-state index contributed by atoms with van der Waals surface area (Å²) in [7, 11) is -3.80. The Bertz CT molecular complexity index is 555. The highest BCUT2D eigenvalue weighted by molar-refractivity contribution is 7.91. The van der Waals surface area contributed by atoms with E-state index in [4.69, 9.17) is 16.7 Å². The number of nitrogens with zero attached hydrogens (tertiary/aromatic N) is 1. The Morgan fingerprint density at radius 1 is 1.63 bits per heavy atom. The molecule has 0 amide bonds. The number of thiophene rings is 1. The largest absolute Gasteiger partial charge is 0.393 e. The Labute approximate surface area is 119 Å². The van der Waals surface area contributed by atoms with E-state index in [-0.39, 0.29) is 15.1 Å². The van der Waals surface area contributed by atoms with Crippen LogP contribution >= 0.6 is 22.9 Å². The first-order valence-corrected chi connectivity index (χ1v) is 8.03. The molecule has 7 nitrogen and oxygen atoms in total. The topological polar surface area (TPSA) is 110 Å². The van der Waals surface area contributed by atoms with Crippen LogP contribution in [0.1, 0.15) is 19.8 Å². The zero-order valence-corrected chi connectivity index (χ0v) is 12.4. The molecule has 1 aromatic rings. The van der Waals surface area contributed by atoms with Gasteiger partial charge in [-0.15, -0.1) is 11.3 Å². The smallest absolute Gasteiger partial charge is 0.300 e. The first-order valence-electron chi connectivity index (χ1n) is 5.35. The number of aliphatic hydroxyl groups excluding tert-OH is 1. The number of hydrogen-bond donors (Lipinski definition) is 2. The third-order valence-corrected chi connectivity index (χ3v) is 5.47. The fraction of sp³-hybridized carbons (Fsp3) is 0.556. The van der Waals surface area contributed by atoms with E-state index in [0.717, 1.165) is 6.07 Å². The van der Waals surface area contributed by atoms with E-state index in [1.165, 1.54) is 0 Å². The first kappa shape index (κ1) is 16.3. The molecule has 0 aromatic carbocycles. The van der Waals surface area contributed by atoms with Crippen molar-refractivity contribution in [1.29, 1.82) is 0 Å². The molecule has 0 aliphatic heterocycles. The quantitative estimate of drug-likeness (QED) is 0.450. The van der Waals surface area contributed by atoms with Crippen molar-refractivity contribution in [3.63, 3.8) is 0 Å². The molecule has 2 N–H and O–H groups in total. The van der Waals surface area contributed by atoms with Gasteiger partial charge in [-0.25, -0.2) is 13.1 Å². The normalized spacial score (nSPS) is 13.4. The number of halogens is 1. The molecule has 1 aromatic heterocycles. The first-order chi connectivity index (χ1) is 8.74. The molecule has 108 valence electrons.